The molecule has 0 aromatic heterocycles. The lowest BCUT2D eigenvalue weighted by Gasteiger charge is -2.17. The number of nitrogens with one attached hydrogen (secondary N) is 1. The highest BCUT2D eigenvalue weighted by molar-refractivity contribution is 8.26. The Kier molecular flexibility index (Phi) is 4.60. The molecule has 1 aromatic carbocycles. The van der Waals surface area contributed by atoms with Crippen LogP contribution >= 0.6 is 24.0 Å². The van der Waals surface area contributed by atoms with E-state index >= 15 is 0 Å². The van der Waals surface area contributed by atoms with Gasteiger partial charge in [0.25, 0.3) is 5.91 Å². The SMILES string of the molecule is O=C1C(=C2CCCCC2)SC(=S)N1CNc1ccccc1. The molecule has 1 aliphatic carbocycles. The fourth-order valence-electron chi connectivity index (χ4n) is 2.68. The van der Waals surface area contributed by atoms with E-state index < -0.39 is 0 Å². The van der Waals surface area contributed by atoms with Crippen LogP contribution in [0.1, 0.15) is 32.1 Å². The number of hydrogen-bond acceptors (Lipinski definition) is 4. The van der Waals surface area contributed by atoms with Gasteiger partial charge in [-0.3, -0.25) is 9.69 Å². The van der Waals surface area contributed by atoms with Gasteiger partial charge in [-0.25, -0.2) is 0 Å². The average molecular weight is 318 g/mol. The summed E-state index contributed by atoms with van der Waals surface area (Å²) in [5, 5.41) is 3.25. The highest BCUT2D eigenvalue weighted by atomic mass is 32.2. The maximum Gasteiger partial charge on any atom is 0.267 e. The summed E-state index contributed by atoms with van der Waals surface area (Å²) in [5.41, 5.74) is 2.30. The van der Waals surface area contributed by atoms with Crippen LogP contribution in [0, 0.1) is 0 Å². The van der Waals surface area contributed by atoms with Gasteiger partial charge in [0, 0.05) is 5.69 Å². The Morgan fingerprint density at radius 3 is 2.57 bits per heavy atom. The van der Waals surface area contributed by atoms with Gasteiger partial charge in [-0.15, -0.1) is 0 Å². The minimum atomic E-state index is 0.0744. The van der Waals surface area contributed by atoms with Crippen molar-refractivity contribution in [3.05, 3.63) is 40.8 Å². The van der Waals surface area contributed by atoms with Crippen LogP contribution in [0.4, 0.5) is 5.69 Å². The van der Waals surface area contributed by atoms with Gasteiger partial charge in [0.15, 0.2) is 0 Å². The van der Waals surface area contributed by atoms with Gasteiger partial charge in [-0.1, -0.05) is 54.2 Å². The third-order valence-corrected chi connectivity index (χ3v) is 5.38. The standard InChI is InChI=1S/C16H18N2OS2/c19-15-14(12-7-3-1-4-8-12)21-16(20)18(15)11-17-13-9-5-2-6-10-13/h2,5-6,9-10,17H,1,3-4,7-8,11H2. The molecule has 0 spiro atoms. The summed E-state index contributed by atoms with van der Waals surface area (Å²) in [5.74, 6) is 0.0744. The predicted molar refractivity (Wildman–Crippen MR) is 92.1 cm³/mol. The zero-order chi connectivity index (χ0) is 14.7. The Morgan fingerprint density at radius 2 is 1.86 bits per heavy atom. The van der Waals surface area contributed by atoms with Crippen molar-refractivity contribution in [3.63, 3.8) is 0 Å². The van der Waals surface area contributed by atoms with Crippen LogP contribution in [-0.4, -0.2) is 21.8 Å². The first kappa shape index (κ1) is 14.6. The van der Waals surface area contributed by atoms with Crippen LogP contribution in [-0.2, 0) is 4.79 Å². The fourth-order valence-corrected chi connectivity index (χ4v) is 4.06. The molecule has 1 N–H and O–H groups in total. The first-order valence-electron chi connectivity index (χ1n) is 7.30. The molecular weight excluding hydrogens is 300 g/mol. The van der Waals surface area contributed by atoms with E-state index in [0.29, 0.717) is 11.0 Å². The number of rotatable bonds is 3. The second kappa shape index (κ2) is 6.62. The van der Waals surface area contributed by atoms with Gasteiger partial charge in [0.05, 0.1) is 11.6 Å². The highest BCUT2D eigenvalue weighted by Gasteiger charge is 2.34. The molecule has 1 saturated heterocycles. The largest absolute Gasteiger partial charge is 0.367 e. The van der Waals surface area contributed by atoms with E-state index in [4.69, 9.17) is 12.2 Å². The summed E-state index contributed by atoms with van der Waals surface area (Å²) in [6, 6.07) is 9.88. The summed E-state index contributed by atoms with van der Waals surface area (Å²) >= 11 is 6.84. The Morgan fingerprint density at radius 1 is 1.14 bits per heavy atom. The fraction of sp³-hybridized carbons (Fsp3) is 0.375. The number of anilines is 1. The monoisotopic (exact) mass is 318 g/mol. The Balaban J connectivity index is 1.69. The number of carbonyl (C=O) groups is 1. The molecule has 2 fully saturated rings. The minimum absolute atomic E-state index is 0.0744. The maximum absolute atomic E-state index is 12.6. The van der Waals surface area contributed by atoms with E-state index in [2.05, 4.69) is 5.32 Å². The molecule has 1 amide bonds. The Bertz CT molecular complexity index is 575. The summed E-state index contributed by atoms with van der Waals surface area (Å²) in [6.45, 7) is 0.436. The van der Waals surface area contributed by atoms with E-state index in [9.17, 15) is 4.79 Å². The van der Waals surface area contributed by atoms with Crippen molar-refractivity contribution in [1.29, 1.82) is 0 Å². The number of nitrogens with zero attached hydrogens (tertiary/aromatic N) is 1. The van der Waals surface area contributed by atoms with Crippen molar-refractivity contribution >= 4 is 39.9 Å². The maximum atomic E-state index is 12.6. The topological polar surface area (TPSA) is 32.3 Å². The minimum Gasteiger partial charge on any atom is -0.367 e. The number of para-hydroxylation sites is 1. The third kappa shape index (κ3) is 3.30. The molecule has 1 heterocycles. The first-order chi connectivity index (χ1) is 10.3. The molecule has 0 radical (unpaired) electrons. The molecule has 5 heteroatoms. The van der Waals surface area contributed by atoms with Crippen LogP contribution in [0.25, 0.3) is 0 Å². The number of amides is 1. The zero-order valence-corrected chi connectivity index (χ0v) is 13.4. The summed E-state index contributed by atoms with van der Waals surface area (Å²) in [7, 11) is 0. The van der Waals surface area contributed by atoms with Crippen molar-refractivity contribution in [2.45, 2.75) is 32.1 Å². The molecule has 1 aliphatic heterocycles. The number of carbonyl (C=O) groups excluding carboxylic acids is 1. The van der Waals surface area contributed by atoms with Gasteiger partial charge >= 0.3 is 0 Å². The lowest BCUT2D eigenvalue weighted by Crippen LogP contribution is -2.33. The van der Waals surface area contributed by atoms with Crippen LogP contribution in [0.15, 0.2) is 40.8 Å². The third-order valence-electron chi connectivity index (χ3n) is 3.84. The molecule has 1 aromatic rings. The normalized spacial score (nSPS) is 19.3. The van der Waals surface area contributed by atoms with Crippen molar-refractivity contribution in [3.8, 4) is 0 Å². The van der Waals surface area contributed by atoms with Gasteiger partial charge in [0.2, 0.25) is 0 Å². The number of thioether (sulfide) groups is 1. The number of thiocarbonyl (C=S) groups is 1. The quantitative estimate of drug-likeness (QED) is 0.671. The molecule has 0 bridgehead atoms. The van der Waals surface area contributed by atoms with Crippen LogP contribution in [0.5, 0.6) is 0 Å². The first-order valence-corrected chi connectivity index (χ1v) is 8.53. The van der Waals surface area contributed by atoms with E-state index in [0.717, 1.165) is 23.4 Å². The molecule has 110 valence electrons. The van der Waals surface area contributed by atoms with E-state index in [1.807, 2.05) is 30.3 Å². The second-order valence-corrected chi connectivity index (χ2v) is 6.94. The molecule has 2 aliphatic rings. The van der Waals surface area contributed by atoms with Crippen molar-refractivity contribution in [1.82, 2.24) is 4.90 Å². The van der Waals surface area contributed by atoms with Crippen molar-refractivity contribution in [2.75, 3.05) is 12.0 Å². The van der Waals surface area contributed by atoms with E-state index in [-0.39, 0.29) is 5.91 Å². The van der Waals surface area contributed by atoms with E-state index in [1.165, 1.54) is 36.6 Å². The van der Waals surface area contributed by atoms with Gasteiger partial charge in [0.1, 0.15) is 4.32 Å². The van der Waals surface area contributed by atoms with Crippen molar-refractivity contribution < 1.29 is 4.79 Å². The van der Waals surface area contributed by atoms with Gasteiger partial charge < -0.3 is 5.32 Å². The number of allylic oxidation sites excluding steroid dienone is 1. The zero-order valence-electron chi connectivity index (χ0n) is 11.8. The van der Waals surface area contributed by atoms with Crippen molar-refractivity contribution in [2.24, 2.45) is 0 Å². The lowest BCUT2D eigenvalue weighted by molar-refractivity contribution is -0.122. The second-order valence-electron chi connectivity index (χ2n) is 5.30. The van der Waals surface area contributed by atoms with Crippen LogP contribution < -0.4 is 5.32 Å². The molecule has 3 nitrogen and oxygen atoms in total. The lowest BCUT2D eigenvalue weighted by atomic mass is 9.94. The molecule has 21 heavy (non-hydrogen) atoms. The summed E-state index contributed by atoms with van der Waals surface area (Å²) < 4.78 is 0.663. The molecule has 0 unspecified atom stereocenters. The van der Waals surface area contributed by atoms with Gasteiger partial charge in [-0.05, 0) is 37.8 Å². The molecule has 1 saturated carbocycles. The van der Waals surface area contributed by atoms with E-state index in [1.54, 1.807) is 4.90 Å². The summed E-state index contributed by atoms with van der Waals surface area (Å²) in [6.07, 6.45) is 5.77. The summed E-state index contributed by atoms with van der Waals surface area (Å²) in [4.78, 5) is 15.1. The number of benzene rings is 1. The number of hydrogen-bond donors (Lipinski definition) is 1. The van der Waals surface area contributed by atoms with Gasteiger partial charge in [-0.2, -0.15) is 0 Å². The molecular formula is C16H18N2OS2. The Labute approximate surface area is 134 Å². The molecule has 0 atom stereocenters. The Hall–Kier alpha value is -1.33. The average Bonchev–Trinajstić information content (AvgIpc) is 2.82. The smallest absolute Gasteiger partial charge is 0.267 e. The predicted octanol–water partition coefficient (Wildman–Crippen LogP) is 4.13. The van der Waals surface area contributed by atoms with Crippen LogP contribution in [0.3, 0.4) is 0 Å². The molecule has 3 rings (SSSR count). The highest BCUT2D eigenvalue weighted by Crippen LogP contribution is 2.38. The van der Waals surface area contributed by atoms with Crippen LogP contribution in [0.2, 0.25) is 0 Å².